The molecule has 102 valence electrons. The van der Waals surface area contributed by atoms with Crippen molar-refractivity contribution in [2.75, 3.05) is 0 Å². The van der Waals surface area contributed by atoms with Crippen LogP contribution in [-0.4, -0.2) is 5.11 Å². The SMILES string of the molecule is N#Cc1ccccc1COc1c(Br)cc(CO)cc1Br. The smallest absolute Gasteiger partial charge is 0.148 e. The fourth-order valence-corrected chi connectivity index (χ4v) is 3.26. The average Bonchev–Trinajstić information content (AvgIpc) is 2.46. The van der Waals surface area contributed by atoms with E-state index >= 15 is 0 Å². The standard InChI is InChI=1S/C15H11Br2NO2/c16-13-5-10(8-19)6-14(17)15(13)20-9-12-4-2-1-3-11(12)7-18/h1-6,19H,8-9H2. The fourth-order valence-electron chi connectivity index (χ4n) is 1.75. The average molecular weight is 397 g/mol. The molecule has 0 saturated heterocycles. The van der Waals surface area contributed by atoms with E-state index in [9.17, 15) is 0 Å². The molecular weight excluding hydrogens is 386 g/mol. The van der Waals surface area contributed by atoms with Crippen molar-refractivity contribution in [3.8, 4) is 11.8 Å². The third-order valence-corrected chi connectivity index (χ3v) is 3.93. The molecule has 20 heavy (non-hydrogen) atoms. The molecule has 0 unspecified atom stereocenters. The highest BCUT2D eigenvalue weighted by Gasteiger charge is 2.10. The lowest BCUT2D eigenvalue weighted by Gasteiger charge is -2.12. The zero-order valence-corrected chi connectivity index (χ0v) is 13.6. The molecule has 0 aliphatic rings. The maximum atomic E-state index is 9.14. The molecular formula is C15H11Br2NO2. The summed E-state index contributed by atoms with van der Waals surface area (Å²) in [5.41, 5.74) is 2.22. The van der Waals surface area contributed by atoms with E-state index in [0.717, 1.165) is 20.1 Å². The van der Waals surface area contributed by atoms with E-state index in [1.54, 1.807) is 18.2 Å². The van der Waals surface area contributed by atoms with E-state index in [1.807, 2.05) is 18.2 Å². The lowest BCUT2D eigenvalue weighted by molar-refractivity contribution is 0.280. The molecule has 0 heterocycles. The summed E-state index contributed by atoms with van der Waals surface area (Å²) in [6.07, 6.45) is 0. The third kappa shape index (κ3) is 3.40. The molecule has 0 aromatic heterocycles. The van der Waals surface area contributed by atoms with Crippen molar-refractivity contribution in [2.24, 2.45) is 0 Å². The second-order valence-electron chi connectivity index (χ2n) is 4.10. The number of hydrogen-bond acceptors (Lipinski definition) is 3. The predicted molar refractivity (Wildman–Crippen MR) is 83.3 cm³/mol. The minimum Gasteiger partial charge on any atom is -0.486 e. The van der Waals surface area contributed by atoms with E-state index < -0.39 is 0 Å². The van der Waals surface area contributed by atoms with Gasteiger partial charge in [-0.05, 0) is 55.6 Å². The Morgan fingerprint density at radius 3 is 2.40 bits per heavy atom. The highest BCUT2D eigenvalue weighted by Crippen LogP contribution is 2.35. The molecule has 0 bridgehead atoms. The van der Waals surface area contributed by atoms with Crippen molar-refractivity contribution in [1.82, 2.24) is 0 Å². The van der Waals surface area contributed by atoms with Crippen molar-refractivity contribution in [3.05, 3.63) is 62.0 Å². The molecule has 2 rings (SSSR count). The van der Waals surface area contributed by atoms with Crippen LogP contribution in [0.5, 0.6) is 5.75 Å². The summed E-state index contributed by atoms with van der Waals surface area (Å²) in [6.45, 7) is 0.272. The first-order chi connectivity index (χ1) is 9.65. The van der Waals surface area contributed by atoms with Gasteiger partial charge in [0.25, 0.3) is 0 Å². The quantitative estimate of drug-likeness (QED) is 0.844. The van der Waals surface area contributed by atoms with Crippen LogP contribution in [-0.2, 0) is 13.2 Å². The maximum Gasteiger partial charge on any atom is 0.148 e. The van der Waals surface area contributed by atoms with Gasteiger partial charge in [-0.2, -0.15) is 5.26 Å². The van der Waals surface area contributed by atoms with Crippen molar-refractivity contribution in [3.63, 3.8) is 0 Å². The first kappa shape index (κ1) is 15.0. The molecule has 2 aromatic rings. The second-order valence-corrected chi connectivity index (χ2v) is 5.81. The van der Waals surface area contributed by atoms with Gasteiger partial charge < -0.3 is 9.84 Å². The molecule has 0 saturated carbocycles. The number of benzene rings is 2. The Kier molecular flexibility index (Phi) is 5.18. The zero-order chi connectivity index (χ0) is 14.5. The Bertz CT molecular complexity index is 642. The minimum absolute atomic E-state index is 0.0330. The van der Waals surface area contributed by atoms with Gasteiger partial charge in [-0.1, -0.05) is 18.2 Å². The predicted octanol–water partition coefficient (Wildman–Crippen LogP) is 4.15. The van der Waals surface area contributed by atoms with Gasteiger partial charge in [-0.25, -0.2) is 0 Å². The number of nitrogens with zero attached hydrogens (tertiary/aromatic N) is 1. The number of hydrogen-bond donors (Lipinski definition) is 1. The van der Waals surface area contributed by atoms with Crippen LogP contribution in [0.1, 0.15) is 16.7 Å². The van der Waals surface area contributed by atoms with Crippen LogP contribution in [0.15, 0.2) is 45.3 Å². The van der Waals surface area contributed by atoms with Gasteiger partial charge in [0, 0.05) is 5.56 Å². The van der Waals surface area contributed by atoms with Gasteiger partial charge >= 0.3 is 0 Å². The van der Waals surface area contributed by atoms with Crippen molar-refractivity contribution >= 4 is 31.9 Å². The first-order valence-electron chi connectivity index (χ1n) is 5.85. The largest absolute Gasteiger partial charge is 0.486 e. The van der Waals surface area contributed by atoms with Crippen LogP contribution < -0.4 is 4.74 Å². The number of halogens is 2. The molecule has 0 amide bonds. The molecule has 3 nitrogen and oxygen atoms in total. The molecule has 0 radical (unpaired) electrons. The van der Waals surface area contributed by atoms with Gasteiger partial charge in [0.1, 0.15) is 12.4 Å². The van der Waals surface area contributed by atoms with Crippen LogP contribution in [0.25, 0.3) is 0 Å². The van der Waals surface area contributed by atoms with Gasteiger partial charge in [0.05, 0.1) is 27.2 Å². The van der Waals surface area contributed by atoms with E-state index in [-0.39, 0.29) is 6.61 Å². The Balaban J connectivity index is 2.22. The molecule has 0 aliphatic heterocycles. The van der Waals surface area contributed by atoms with E-state index in [1.165, 1.54) is 0 Å². The normalized spacial score (nSPS) is 10.1. The Labute approximate surface area is 134 Å². The molecule has 5 heteroatoms. The van der Waals surface area contributed by atoms with E-state index in [2.05, 4.69) is 37.9 Å². The maximum absolute atomic E-state index is 9.14. The van der Waals surface area contributed by atoms with Crippen LogP contribution in [0.4, 0.5) is 0 Å². The van der Waals surface area contributed by atoms with Gasteiger partial charge in [-0.15, -0.1) is 0 Å². The zero-order valence-electron chi connectivity index (χ0n) is 10.4. The monoisotopic (exact) mass is 395 g/mol. The van der Waals surface area contributed by atoms with Gasteiger partial charge in [-0.3, -0.25) is 0 Å². The highest BCUT2D eigenvalue weighted by atomic mass is 79.9. The molecule has 1 N–H and O–H groups in total. The van der Waals surface area contributed by atoms with Crippen LogP contribution >= 0.6 is 31.9 Å². The number of aliphatic hydroxyl groups excluding tert-OH is 1. The number of ether oxygens (including phenoxy) is 1. The summed E-state index contributed by atoms with van der Waals surface area (Å²) >= 11 is 6.83. The van der Waals surface area contributed by atoms with E-state index in [0.29, 0.717) is 17.9 Å². The Hall–Kier alpha value is -1.35. The molecule has 2 aromatic carbocycles. The van der Waals surface area contributed by atoms with Crippen molar-refractivity contribution < 1.29 is 9.84 Å². The van der Waals surface area contributed by atoms with E-state index in [4.69, 9.17) is 15.1 Å². The summed E-state index contributed by atoms with van der Waals surface area (Å²) in [6, 6.07) is 13.1. The Morgan fingerprint density at radius 1 is 1.15 bits per heavy atom. The number of rotatable bonds is 4. The number of nitriles is 1. The Morgan fingerprint density at radius 2 is 1.80 bits per heavy atom. The van der Waals surface area contributed by atoms with Crippen molar-refractivity contribution in [2.45, 2.75) is 13.2 Å². The van der Waals surface area contributed by atoms with Crippen LogP contribution in [0.3, 0.4) is 0 Å². The highest BCUT2D eigenvalue weighted by molar-refractivity contribution is 9.11. The first-order valence-corrected chi connectivity index (χ1v) is 7.44. The second kappa shape index (κ2) is 6.89. The summed E-state index contributed by atoms with van der Waals surface area (Å²) in [5, 5.41) is 18.2. The third-order valence-electron chi connectivity index (χ3n) is 2.75. The molecule has 0 fully saturated rings. The summed E-state index contributed by atoms with van der Waals surface area (Å²) < 4.78 is 7.28. The lowest BCUT2D eigenvalue weighted by atomic mass is 10.1. The summed E-state index contributed by atoms with van der Waals surface area (Å²) in [4.78, 5) is 0. The fraction of sp³-hybridized carbons (Fsp3) is 0.133. The number of aliphatic hydroxyl groups is 1. The topological polar surface area (TPSA) is 53.2 Å². The van der Waals surface area contributed by atoms with Crippen LogP contribution in [0, 0.1) is 11.3 Å². The van der Waals surface area contributed by atoms with Gasteiger partial charge in [0.2, 0.25) is 0 Å². The minimum atomic E-state index is -0.0330. The molecule has 0 atom stereocenters. The van der Waals surface area contributed by atoms with Gasteiger partial charge in [0.15, 0.2) is 0 Å². The molecule has 0 spiro atoms. The summed E-state index contributed by atoms with van der Waals surface area (Å²) in [7, 11) is 0. The summed E-state index contributed by atoms with van der Waals surface area (Å²) in [5.74, 6) is 0.648. The van der Waals surface area contributed by atoms with Crippen molar-refractivity contribution in [1.29, 1.82) is 5.26 Å². The van der Waals surface area contributed by atoms with Crippen LogP contribution in [0.2, 0.25) is 0 Å². The lowest BCUT2D eigenvalue weighted by Crippen LogP contribution is -2.00. The molecule has 0 aliphatic carbocycles.